The van der Waals surface area contributed by atoms with Crippen LogP contribution in [0.25, 0.3) is 21.6 Å². The molecule has 0 radical (unpaired) electrons. The number of nitrogens with one attached hydrogen (secondary N) is 1. The summed E-state index contributed by atoms with van der Waals surface area (Å²) in [6, 6.07) is 4.83. The van der Waals surface area contributed by atoms with Crippen molar-refractivity contribution < 1.29 is 4.39 Å². The third kappa shape index (κ3) is 3.06. The van der Waals surface area contributed by atoms with Gasteiger partial charge in [0.2, 0.25) is 0 Å². The van der Waals surface area contributed by atoms with Crippen LogP contribution in [-0.2, 0) is 6.54 Å². The Morgan fingerprint density at radius 2 is 2.12 bits per heavy atom. The van der Waals surface area contributed by atoms with E-state index in [2.05, 4.69) is 25.3 Å². The summed E-state index contributed by atoms with van der Waals surface area (Å²) in [7, 11) is 0. The normalized spacial score (nSPS) is 11.1. The van der Waals surface area contributed by atoms with E-state index in [4.69, 9.17) is 5.73 Å². The van der Waals surface area contributed by atoms with Gasteiger partial charge in [-0.25, -0.2) is 19.3 Å². The van der Waals surface area contributed by atoms with Gasteiger partial charge in [0.25, 0.3) is 0 Å². The second-order valence-electron chi connectivity index (χ2n) is 5.27. The van der Waals surface area contributed by atoms with Crippen LogP contribution in [0, 0.1) is 5.82 Å². The van der Waals surface area contributed by atoms with E-state index >= 15 is 0 Å². The van der Waals surface area contributed by atoms with Crippen LogP contribution >= 0.6 is 11.3 Å². The molecule has 126 valence electrons. The molecule has 0 unspecified atom stereocenters. The maximum Gasteiger partial charge on any atom is 0.188 e. The first-order valence-corrected chi connectivity index (χ1v) is 8.41. The van der Waals surface area contributed by atoms with Crippen LogP contribution in [0.15, 0.2) is 43.1 Å². The Morgan fingerprint density at radius 1 is 1.20 bits per heavy atom. The first-order chi connectivity index (χ1) is 12.2. The number of hydrogen-bond donors (Lipinski definition) is 2. The molecular formula is C16H14FN7S. The van der Waals surface area contributed by atoms with Crippen molar-refractivity contribution in [2.24, 2.45) is 5.73 Å². The van der Waals surface area contributed by atoms with Gasteiger partial charge in [-0.1, -0.05) is 11.3 Å². The summed E-state index contributed by atoms with van der Waals surface area (Å²) in [4.78, 5) is 17.6. The molecule has 0 spiro atoms. The first-order valence-electron chi connectivity index (χ1n) is 7.59. The van der Waals surface area contributed by atoms with Crippen molar-refractivity contribution in [1.29, 1.82) is 0 Å². The molecule has 0 aliphatic rings. The van der Waals surface area contributed by atoms with E-state index in [0.29, 0.717) is 28.9 Å². The highest BCUT2D eigenvalue weighted by Crippen LogP contribution is 2.30. The molecule has 4 rings (SSSR count). The molecule has 0 aromatic carbocycles. The minimum absolute atomic E-state index is 0.289. The average molecular weight is 355 g/mol. The van der Waals surface area contributed by atoms with E-state index in [1.165, 1.54) is 17.4 Å². The first kappa shape index (κ1) is 15.6. The molecule has 0 fully saturated rings. The smallest absolute Gasteiger partial charge is 0.188 e. The zero-order chi connectivity index (χ0) is 17.2. The fourth-order valence-electron chi connectivity index (χ4n) is 2.46. The predicted molar refractivity (Wildman–Crippen MR) is 95.2 cm³/mol. The highest BCUT2D eigenvalue weighted by molar-refractivity contribution is 7.18. The lowest BCUT2D eigenvalue weighted by Crippen LogP contribution is -2.08. The lowest BCUT2D eigenvalue weighted by molar-refractivity contribution is 0.626. The highest BCUT2D eigenvalue weighted by atomic mass is 32.1. The van der Waals surface area contributed by atoms with Crippen molar-refractivity contribution >= 4 is 33.3 Å². The Bertz CT molecular complexity index is 1030. The maximum absolute atomic E-state index is 13.8. The Morgan fingerprint density at radius 3 is 2.96 bits per heavy atom. The zero-order valence-electron chi connectivity index (χ0n) is 13.1. The summed E-state index contributed by atoms with van der Waals surface area (Å²) in [5.74, 6) is 0.261. The quantitative estimate of drug-likeness (QED) is 0.572. The molecule has 4 aromatic heterocycles. The number of nitrogens with two attached hydrogens (primary N) is 1. The lowest BCUT2D eigenvalue weighted by atomic mass is 10.3. The standard InChI is InChI=1S/C16H14FN7S/c17-10-2-1-4-19-15(10)13-8-21-16(25-13)23-14-6-12-11(7-20-14)22-9-24(12)5-3-18/h1-2,4,6-9H,3,5,18H2,(H,20,21,23). The van der Waals surface area contributed by atoms with Gasteiger partial charge >= 0.3 is 0 Å². The summed E-state index contributed by atoms with van der Waals surface area (Å²) in [5.41, 5.74) is 7.65. The maximum atomic E-state index is 13.8. The van der Waals surface area contributed by atoms with Gasteiger partial charge in [0, 0.05) is 31.5 Å². The van der Waals surface area contributed by atoms with Gasteiger partial charge in [-0.15, -0.1) is 0 Å². The molecular weight excluding hydrogens is 341 g/mol. The molecule has 25 heavy (non-hydrogen) atoms. The Balaban J connectivity index is 1.61. The largest absolute Gasteiger partial charge is 0.329 e. The monoisotopic (exact) mass is 355 g/mol. The lowest BCUT2D eigenvalue weighted by Gasteiger charge is -2.04. The van der Waals surface area contributed by atoms with Gasteiger partial charge < -0.3 is 15.6 Å². The molecule has 0 bridgehead atoms. The number of hydrogen-bond acceptors (Lipinski definition) is 7. The Labute approximate surface area is 146 Å². The fourth-order valence-corrected chi connectivity index (χ4v) is 3.29. The second kappa shape index (κ2) is 6.54. The average Bonchev–Trinajstić information content (AvgIpc) is 3.23. The van der Waals surface area contributed by atoms with Crippen LogP contribution in [-0.4, -0.2) is 31.0 Å². The van der Waals surface area contributed by atoms with E-state index < -0.39 is 0 Å². The summed E-state index contributed by atoms with van der Waals surface area (Å²) in [6.07, 6.45) is 6.58. The van der Waals surface area contributed by atoms with Crippen molar-refractivity contribution in [3.63, 3.8) is 0 Å². The van der Waals surface area contributed by atoms with E-state index in [1.807, 2.05) is 10.6 Å². The Kier molecular flexibility index (Phi) is 4.08. The third-order valence-corrected chi connectivity index (χ3v) is 4.53. The molecule has 0 saturated heterocycles. The number of fused-ring (bicyclic) bond motifs is 1. The number of rotatable bonds is 5. The minimum atomic E-state index is -0.372. The molecule has 9 heteroatoms. The SMILES string of the molecule is NCCn1cnc2cnc(Nc3ncc(-c4ncccc4F)s3)cc21. The topological polar surface area (TPSA) is 94.5 Å². The van der Waals surface area contributed by atoms with Gasteiger partial charge in [0.1, 0.15) is 22.8 Å². The van der Waals surface area contributed by atoms with E-state index in [9.17, 15) is 4.39 Å². The molecule has 0 atom stereocenters. The van der Waals surface area contributed by atoms with Crippen molar-refractivity contribution in [2.45, 2.75) is 6.54 Å². The van der Waals surface area contributed by atoms with Crippen molar-refractivity contribution in [1.82, 2.24) is 24.5 Å². The molecule has 3 N–H and O–H groups in total. The molecule has 0 aliphatic carbocycles. The number of halogens is 1. The van der Waals surface area contributed by atoms with Gasteiger partial charge in [-0.2, -0.15) is 0 Å². The molecule has 0 amide bonds. The van der Waals surface area contributed by atoms with E-state index in [-0.39, 0.29) is 11.5 Å². The molecule has 4 aromatic rings. The fraction of sp³-hybridized carbons (Fsp3) is 0.125. The van der Waals surface area contributed by atoms with Crippen LogP contribution in [0.4, 0.5) is 15.3 Å². The van der Waals surface area contributed by atoms with Gasteiger partial charge in [-0.3, -0.25) is 4.98 Å². The minimum Gasteiger partial charge on any atom is -0.329 e. The highest BCUT2D eigenvalue weighted by Gasteiger charge is 2.11. The van der Waals surface area contributed by atoms with Crippen molar-refractivity contribution in [3.05, 3.63) is 48.9 Å². The van der Waals surface area contributed by atoms with Gasteiger partial charge in [0.15, 0.2) is 5.13 Å². The summed E-state index contributed by atoms with van der Waals surface area (Å²) in [5, 5.41) is 3.75. The third-order valence-electron chi connectivity index (χ3n) is 3.61. The van der Waals surface area contributed by atoms with E-state index in [0.717, 1.165) is 11.0 Å². The number of pyridine rings is 2. The van der Waals surface area contributed by atoms with Gasteiger partial charge in [0.05, 0.1) is 22.9 Å². The summed E-state index contributed by atoms with van der Waals surface area (Å²) >= 11 is 1.31. The van der Waals surface area contributed by atoms with Crippen LogP contribution in [0.3, 0.4) is 0 Å². The number of anilines is 2. The molecule has 4 heterocycles. The number of imidazole rings is 1. The van der Waals surface area contributed by atoms with Crippen LogP contribution in [0.5, 0.6) is 0 Å². The second-order valence-corrected chi connectivity index (χ2v) is 6.30. The van der Waals surface area contributed by atoms with Crippen LogP contribution < -0.4 is 11.1 Å². The van der Waals surface area contributed by atoms with Crippen molar-refractivity contribution in [3.8, 4) is 10.6 Å². The van der Waals surface area contributed by atoms with Crippen LogP contribution in [0.2, 0.25) is 0 Å². The Hall–Kier alpha value is -2.91. The van der Waals surface area contributed by atoms with Gasteiger partial charge in [-0.05, 0) is 12.1 Å². The predicted octanol–water partition coefficient (Wildman–Crippen LogP) is 2.79. The molecule has 0 saturated carbocycles. The molecule has 0 aliphatic heterocycles. The zero-order valence-corrected chi connectivity index (χ0v) is 13.9. The number of thiazole rings is 1. The van der Waals surface area contributed by atoms with Crippen molar-refractivity contribution in [2.75, 3.05) is 11.9 Å². The number of nitrogens with zero attached hydrogens (tertiary/aromatic N) is 5. The summed E-state index contributed by atoms with van der Waals surface area (Å²) in [6.45, 7) is 1.21. The molecule has 7 nitrogen and oxygen atoms in total. The van der Waals surface area contributed by atoms with Crippen LogP contribution in [0.1, 0.15) is 0 Å². The number of aromatic nitrogens is 5. The summed E-state index contributed by atoms with van der Waals surface area (Å²) < 4.78 is 15.8. The van der Waals surface area contributed by atoms with E-state index in [1.54, 1.807) is 31.0 Å².